The first-order valence-electron chi connectivity index (χ1n) is 6.44. The quantitative estimate of drug-likeness (QED) is 0.338. The van der Waals surface area contributed by atoms with Crippen LogP contribution in [0.25, 0.3) is 10.4 Å². The molecular weight excluding hydrogens is 246 g/mol. The molecule has 102 valence electrons. The van der Waals surface area contributed by atoms with Crippen molar-refractivity contribution in [3.8, 4) is 0 Å². The van der Waals surface area contributed by atoms with Crippen molar-refractivity contribution in [2.75, 3.05) is 0 Å². The Morgan fingerprint density at radius 1 is 1.44 bits per heavy atom. The van der Waals surface area contributed by atoms with E-state index in [9.17, 15) is 4.79 Å². The third-order valence-corrected chi connectivity index (χ3v) is 8.47. The molecule has 1 rings (SSSR count). The summed E-state index contributed by atoms with van der Waals surface area (Å²) in [6, 6.07) is -0.328. The van der Waals surface area contributed by atoms with Crippen molar-refractivity contribution in [3.63, 3.8) is 0 Å². The van der Waals surface area contributed by atoms with Crippen molar-refractivity contribution in [1.29, 1.82) is 0 Å². The minimum Gasteiger partial charge on any atom is -0.406 e. The minimum atomic E-state index is -2.01. The number of ketones is 1. The molecule has 0 saturated heterocycles. The van der Waals surface area contributed by atoms with Crippen LogP contribution in [0.2, 0.25) is 18.1 Å². The van der Waals surface area contributed by atoms with Gasteiger partial charge in [0.2, 0.25) is 0 Å². The summed E-state index contributed by atoms with van der Waals surface area (Å²) in [5, 5.41) is 3.79. The molecule has 0 aromatic heterocycles. The first-order chi connectivity index (χ1) is 8.19. The van der Waals surface area contributed by atoms with Gasteiger partial charge in [-0.15, -0.1) is 0 Å². The Labute approximate surface area is 110 Å². The third-order valence-electron chi connectivity index (χ3n) is 4.02. The van der Waals surface area contributed by atoms with Gasteiger partial charge < -0.3 is 4.43 Å². The summed E-state index contributed by atoms with van der Waals surface area (Å²) in [4.78, 5) is 14.8. The number of azide groups is 1. The standard InChI is InChI=1S/C12H23N3O2Si/c1-12(2,3)18(4,5)17-11-9(14-15-13)7-6-8-10(11)16/h9,11H,6-8H2,1-5H3/t9-,11+/m0/s1. The molecule has 0 amide bonds. The van der Waals surface area contributed by atoms with E-state index in [1.54, 1.807) is 0 Å². The molecule has 2 atom stereocenters. The van der Waals surface area contributed by atoms with Crippen LogP contribution in [0.5, 0.6) is 0 Å². The first-order valence-corrected chi connectivity index (χ1v) is 9.34. The Morgan fingerprint density at radius 3 is 2.56 bits per heavy atom. The number of hydrogen-bond donors (Lipinski definition) is 0. The highest BCUT2D eigenvalue weighted by Gasteiger charge is 2.43. The summed E-state index contributed by atoms with van der Waals surface area (Å²) in [5.74, 6) is 0.0866. The minimum absolute atomic E-state index is 0.0473. The lowest BCUT2D eigenvalue weighted by molar-refractivity contribution is -0.129. The van der Waals surface area contributed by atoms with Gasteiger partial charge >= 0.3 is 0 Å². The maximum Gasteiger partial charge on any atom is 0.193 e. The number of Topliss-reactive ketones (excluding diaryl/α,β-unsaturated/α-hetero) is 1. The van der Waals surface area contributed by atoms with Crippen LogP contribution in [-0.4, -0.2) is 26.2 Å². The molecule has 1 aliphatic carbocycles. The van der Waals surface area contributed by atoms with Crippen LogP contribution < -0.4 is 0 Å². The molecule has 0 aromatic carbocycles. The van der Waals surface area contributed by atoms with Crippen molar-refractivity contribution in [1.82, 2.24) is 0 Å². The summed E-state index contributed by atoms with van der Waals surface area (Å²) in [5.41, 5.74) is 8.58. The lowest BCUT2D eigenvalue weighted by Gasteiger charge is -2.41. The molecule has 0 N–H and O–H groups in total. The van der Waals surface area contributed by atoms with Crippen LogP contribution in [0.1, 0.15) is 40.0 Å². The second-order valence-electron chi connectivity index (χ2n) is 6.43. The van der Waals surface area contributed by atoms with Gasteiger partial charge in [-0.2, -0.15) is 0 Å². The number of carbonyl (C=O) groups excluding carboxylic acids is 1. The molecule has 5 nitrogen and oxygen atoms in total. The van der Waals surface area contributed by atoms with E-state index in [4.69, 9.17) is 9.96 Å². The summed E-state index contributed by atoms with van der Waals surface area (Å²) < 4.78 is 6.15. The fraction of sp³-hybridized carbons (Fsp3) is 0.917. The Kier molecular flexibility index (Phi) is 4.59. The highest BCUT2D eigenvalue weighted by atomic mass is 28.4. The molecular formula is C12H23N3O2Si. The van der Waals surface area contributed by atoms with Crippen LogP contribution in [0.3, 0.4) is 0 Å². The summed E-state index contributed by atoms with van der Waals surface area (Å²) in [6.07, 6.45) is 1.54. The molecule has 0 radical (unpaired) electrons. The van der Waals surface area contributed by atoms with E-state index in [0.717, 1.165) is 12.8 Å². The number of hydrogen-bond acceptors (Lipinski definition) is 3. The zero-order valence-corrected chi connectivity index (χ0v) is 12.9. The summed E-state index contributed by atoms with van der Waals surface area (Å²) in [7, 11) is -2.01. The van der Waals surface area contributed by atoms with Gasteiger partial charge in [0.25, 0.3) is 0 Å². The summed E-state index contributed by atoms with van der Waals surface area (Å²) >= 11 is 0. The van der Waals surface area contributed by atoms with Crippen molar-refractivity contribution in [2.24, 2.45) is 5.11 Å². The lowest BCUT2D eigenvalue weighted by Crippen LogP contribution is -2.50. The van der Waals surface area contributed by atoms with E-state index in [-0.39, 0.29) is 16.9 Å². The van der Waals surface area contributed by atoms with E-state index in [1.165, 1.54) is 0 Å². The Balaban J connectivity index is 2.90. The van der Waals surface area contributed by atoms with Crippen molar-refractivity contribution in [2.45, 2.75) is 70.3 Å². The van der Waals surface area contributed by atoms with E-state index >= 15 is 0 Å². The zero-order chi connectivity index (χ0) is 14.0. The molecule has 0 unspecified atom stereocenters. The Bertz CT molecular complexity index is 370. The molecule has 18 heavy (non-hydrogen) atoms. The normalized spacial score (nSPS) is 25.7. The van der Waals surface area contributed by atoms with Gasteiger partial charge in [-0.1, -0.05) is 25.9 Å². The Hall–Kier alpha value is -0.843. The topological polar surface area (TPSA) is 75.1 Å². The molecule has 1 fully saturated rings. The molecule has 0 spiro atoms. The first kappa shape index (κ1) is 15.2. The smallest absolute Gasteiger partial charge is 0.193 e. The number of carbonyl (C=O) groups is 1. The second kappa shape index (κ2) is 5.43. The lowest BCUT2D eigenvalue weighted by atomic mass is 9.92. The van der Waals surface area contributed by atoms with Crippen molar-refractivity contribution < 1.29 is 9.22 Å². The van der Waals surface area contributed by atoms with Gasteiger partial charge in [-0.05, 0) is 36.5 Å². The maximum absolute atomic E-state index is 12.0. The third kappa shape index (κ3) is 3.34. The van der Waals surface area contributed by atoms with Crippen LogP contribution in [0.4, 0.5) is 0 Å². The molecule has 1 saturated carbocycles. The number of rotatable bonds is 3. The van der Waals surface area contributed by atoms with Crippen LogP contribution >= 0.6 is 0 Å². The van der Waals surface area contributed by atoms with Crippen molar-refractivity contribution >= 4 is 14.1 Å². The summed E-state index contributed by atoms with van der Waals surface area (Å²) in [6.45, 7) is 10.6. The Morgan fingerprint density at radius 2 is 2.06 bits per heavy atom. The van der Waals surface area contributed by atoms with Gasteiger partial charge in [0.1, 0.15) is 6.10 Å². The van der Waals surface area contributed by atoms with Crippen LogP contribution in [-0.2, 0) is 9.22 Å². The molecule has 0 aromatic rings. The van der Waals surface area contributed by atoms with E-state index in [2.05, 4.69) is 43.9 Å². The van der Waals surface area contributed by atoms with E-state index in [0.29, 0.717) is 6.42 Å². The van der Waals surface area contributed by atoms with Gasteiger partial charge in [-0.3, -0.25) is 4.79 Å². The predicted octanol–water partition coefficient (Wildman–Crippen LogP) is 3.81. The monoisotopic (exact) mass is 269 g/mol. The predicted molar refractivity (Wildman–Crippen MR) is 73.9 cm³/mol. The van der Waals surface area contributed by atoms with Crippen LogP contribution in [0.15, 0.2) is 5.11 Å². The van der Waals surface area contributed by atoms with E-state index in [1.807, 2.05) is 0 Å². The van der Waals surface area contributed by atoms with Gasteiger partial charge in [0.15, 0.2) is 14.1 Å². The fourth-order valence-corrected chi connectivity index (χ4v) is 3.09. The van der Waals surface area contributed by atoms with Gasteiger partial charge in [-0.25, -0.2) is 0 Å². The molecule has 1 aliphatic rings. The zero-order valence-electron chi connectivity index (χ0n) is 11.9. The van der Waals surface area contributed by atoms with Gasteiger partial charge in [0, 0.05) is 11.3 Å². The molecule has 0 heterocycles. The molecule has 6 heteroatoms. The fourth-order valence-electron chi connectivity index (χ4n) is 1.82. The highest BCUT2D eigenvalue weighted by molar-refractivity contribution is 6.74. The van der Waals surface area contributed by atoms with Gasteiger partial charge in [0.05, 0.1) is 6.04 Å². The average molecular weight is 269 g/mol. The average Bonchev–Trinajstić information content (AvgIpc) is 2.22. The van der Waals surface area contributed by atoms with Crippen LogP contribution in [0, 0.1) is 0 Å². The molecule has 0 aliphatic heterocycles. The molecule has 0 bridgehead atoms. The SMILES string of the molecule is CC(C)(C)[Si](C)(C)O[C@H]1C(=O)CCC[C@@H]1N=[N+]=[N-]. The van der Waals surface area contributed by atoms with E-state index < -0.39 is 14.4 Å². The second-order valence-corrected chi connectivity index (χ2v) is 11.2. The largest absolute Gasteiger partial charge is 0.406 e. The van der Waals surface area contributed by atoms with Crippen molar-refractivity contribution in [3.05, 3.63) is 10.4 Å². The number of nitrogens with zero attached hydrogens (tertiary/aromatic N) is 3. The highest BCUT2D eigenvalue weighted by Crippen LogP contribution is 2.39. The maximum atomic E-state index is 12.0.